The third-order valence-corrected chi connectivity index (χ3v) is 8.04. The van der Waals surface area contributed by atoms with E-state index in [0.29, 0.717) is 16.6 Å². The molecule has 0 unspecified atom stereocenters. The number of rotatable bonds is 13. The normalized spacial score (nSPS) is 11.3. The highest BCUT2D eigenvalue weighted by molar-refractivity contribution is 6.09. The van der Waals surface area contributed by atoms with Gasteiger partial charge in [-0.15, -0.1) is 0 Å². The number of aromatic carboxylic acids is 1. The minimum atomic E-state index is -1.34. The highest BCUT2D eigenvalue weighted by Crippen LogP contribution is 2.21. The van der Waals surface area contributed by atoms with Crippen LogP contribution in [-0.2, 0) is 33.9 Å². The lowest BCUT2D eigenvalue weighted by Gasteiger charge is -2.20. The summed E-state index contributed by atoms with van der Waals surface area (Å²) in [5.41, 5.74) is 2.52. The summed E-state index contributed by atoms with van der Waals surface area (Å²) in [6, 6.07) is 32.4. The molecule has 2 amide bonds. The number of anilines is 1. The standard InChI is InChI=1S/C40H32N4O8/c45-36(31-20-33-34(42-24-41-33)21-32(31)38(47)48)44-35(16-25-10-4-1-5-11-25)37(46)43-30-18-28(39(49)51-22-26-12-6-2-7-13-26)17-29(19-30)40(50)52-23-27-14-8-3-9-15-27/h1-15,17-21,24,35H,16,22-23H2,(H,41,42)(H,43,46)(H,44,45)(H,47,48)/t35-/m0/s1. The van der Waals surface area contributed by atoms with Crippen LogP contribution in [0.2, 0.25) is 0 Å². The number of fused-ring (bicyclic) bond motifs is 1. The van der Waals surface area contributed by atoms with E-state index in [9.17, 15) is 29.1 Å². The summed E-state index contributed by atoms with van der Waals surface area (Å²) >= 11 is 0. The van der Waals surface area contributed by atoms with Crippen LogP contribution < -0.4 is 10.6 Å². The molecule has 5 aromatic carbocycles. The lowest BCUT2D eigenvalue weighted by molar-refractivity contribution is -0.118. The lowest BCUT2D eigenvalue weighted by Crippen LogP contribution is -2.45. The van der Waals surface area contributed by atoms with Gasteiger partial charge in [0.25, 0.3) is 5.91 Å². The minimum Gasteiger partial charge on any atom is -0.478 e. The van der Waals surface area contributed by atoms with E-state index in [4.69, 9.17) is 9.47 Å². The molecule has 0 bridgehead atoms. The van der Waals surface area contributed by atoms with E-state index < -0.39 is 35.8 Å². The van der Waals surface area contributed by atoms with Crippen LogP contribution in [0.25, 0.3) is 11.0 Å². The van der Waals surface area contributed by atoms with Gasteiger partial charge >= 0.3 is 17.9 Å². The van der Waals surface area contributed by atoms with Crippen molar-refractivity contribution in [2.45, 2.75) is 25.7 Å². The Morgan fingerprint density at radius 2 is 1.21 bits per heavy atom. The van der Waals surface area contributed by atoms with Crippen LogP contribution in [0.4, 0.5) is 5.69 Å². The van der Waals surface area contributed by atoms with Crippen molar-refractivity contribution in [1.29, 1.82) is 0 Å². The second-order valence-electron chi connectivity index (χ2n) is 11.8. The summed E-state index contributed by atoms with van der Waals surface area (Å²) in [7, 11) is 0. The molecule has 4 N–H and O–H groups in total. The first kappa shape index (κ1) is 34.8. The third kappa shape index (κ3) is 8.74. The number of H-pyrrole nitrogens is 1. The van der Waals surface area contributed by atoms with Crippen molar-refractivity contribution < 1.29 is 38.6 Å². The van der Waals surface area contributed by atoms with Crippen LogP contribution in [-0.4, -0.2) is 50.8 Å². The van der Waals surface area contributed by atoms with E-state index in [1.807, 2.05) is 36.4 Å². The molecule has 0 saturated heterocycles. The average molecular weight is 697 g/mol. The van der Waals surface area contributed by atoms with Crippen LogP contribution in [0.1, 0.15) is 58.1 Å². The molecule has 0 aliphatic rings. The molecule has 6 aromatic rings. The van der Waals surface area contributed by atoms with Gasteiger partial charge in [-0.05, 0) is 47.0 Å². The predicted octanol–water partition coefficient (Wildman–Crippen LogP) is 5.95. The number of hydrogen-bond acceptors (Lipinski definition) is 8. The van der Waals surface area contributed by atoms with Gasteiger partial charge in [-0.3, -0.25) is 9.59 Å². The lowest BCUT2D eigenvalue weighted by atomic mass is 10.0. The molecule has 12 nitrogen and oxygen atoms in total. The molecule has 6 rings (SSSR count). The van der Waals surface area contributed by atoms with E-state index >= 15 is 0 Å². The molecule has 0 aliphatic carbocycles. The zero-order chi connectivity index (χ0) is 36.5. The van der Waals surface area contributed by atoms with Gasteiger partial charge in [0.1, 0.15) is 19.3 Å². The van der Waals surface area contributed by atoms with Gasteiger partial charge < -0.3 is 30.2 Å². The summed E-state index contributed by atoms with van der Waals surface area (Å²) in [6.07, 6.45) is 1.40. The molecule has 1 aromatic heterocycles. The number of ether oxygens (including phenoxy) is 2. The van der Waals surface area contributed by atoms with Crippen LogP contribution in [0, 0.1) is 0 Å². The van der Waals surface area contributed by atoms with Crippen LogP contribution >= 0.6 is 0 Å². The number of carbonyl (C=O) groups is 5. The number of aromatic amines is 1. The van der Waals surface area contributed by atoms with Crippen molar-refractivity contribution in [2.24, 2.45) is 0 Å². The van der Waals surface area contributed by atoms with E-state index in [2.05, 4.69) is 20.6 Å². The number of hydrogen-bond donors (Lipinski definition) is 4. The summed E-state index contributed by atoms with van der Waals surface area (Å²) in [5.74, 6) is -4.36. The summed E-state index contributed by atoms with van der Waals surface area (Å²) in [6.45, 7) is -0.0603. The molecule has 12 heteroatoms. The van der Waals surface area contributed by atoms with Gasteiger partial charge in [0.2, 0.25) is 5.91 Å². The number of aromatic nitrogens is 2. The van der Waals surface area contributed by atoms with Crippen molar-refractivity contribution in [3.05, 3.63) is 167 Å². The highest BCUT2D eigenvalue weighted by atomic mass is 16.5. The highest BCUT2D eigenvalue weighted by Gasteiger charge is 2.26. The summed E-state index contributed by atoms with van der Waals surface area (Å²) < 4.78 is 11.0. The maximum absolute atomic E-state index is 14.0. The van der Waals surface area contributed by atoms with E-state index in [1.165, 1.54) is 36.7 Å². The van der Waals surface area contributed by atoms with Gasteiger partial charge in [-0.2, -0.15) is 0 Å². The van der Waals surface area contributed by atoms with Gasteiger partial charge in [-0.25, -0.2) is 19.4 Å². The smallest absolute Gasteiger partial charge is 0.338 e. The molecule has 0 radical (unpaired) electrons. The predicted molar refractivity (Wildman–Crippen MR) is 191 cm³/mol. The van der Waals surface area contributed by atoms with Gasteiger partial charge in [-0.1, -0.05) is 91.0 Å². The first-order valence-corrected chi connectivity index (χ1v) is 16.2. The maximum atomic E-state index is 14.0. The molecule has 0 saturated carbocycles. The Labute approximate surface area is 297 Å². The molecule has 52 heavy (non-hydrogen) atoms. The number of amides is 2. The molecule has 0 fully saturated rings. The average Bonchev–Trinajstić information content (AvgIpc) is 3.64. The molecular weight excluding hydrogens is 664 g/mol. The fraction of sp³-hybridized carbons (Fsp3) is 0.100. The Hall–Kier alpha value is -7.08. The van der Waals surface area contributed by atoms with E-state index in [0.717, 1.165) is 11.1 Å². The number of nitrogens with one attached hydrogen (secondary N) is 3. The molecule has 1 heterocycles. The number of carboxylic acid groups (broad SMARTS) is 1. The first-order chi connectivity index (χ1) is 25.2. The Kier molecular flexibility index (Phi) is 10.8. The molecular formula is C40H32N4O8. The fourth-order valence-electron chi connectivity index (χ4n) is 5.42. The largest absolute Gasteiger partial charge is 0.478 e. The Bertz CT molecular complexity index is 2160. The second-order valence-corrected chi connectivity index (χ2v) is 11.8. The number of carbonyl (C=O) groups excluding carboxylic acids is 4. The maximum Gasteiger partial charge on any atom is 0.338 e. The molecule has 0 spiro atoms. The van der Waals surface area contributed by atoms with Crippen molar-refractivity contribution in [3.8, 4) is 0 Å². The van der Waals surface area contributed by atoms with Crippen molar-refractivity contribution in [1.82, 2.24) is 15.3 Å². The van der Waals surface area contributed by atoms with E-state index in [-0.39, 0.29) is 47.6 Å². The van der Waals surface area contributed by atoms with Crippen molar-refractivity contribution >= 4 is 46.4 Å². The second kappa shape index (κ2) is 16.1. The molecule has 260 valence electrons. The zero-order valence-electron chi connectivity index (χ0n) is 27.6. The number of benzene rings is 5. The number of esters is 2. The van der Waals surface area contributed by atoms with E-state index in [1.54, 1.807) is 54.6 Å². The summed E-state index contributed by atoms with van der Waals surface area (Å²) in [4.78, 5) is 73.2. The Morgan fingerprint density at radius 3 is 1.75 bits per heavy atom. The minimum absolute atomic E-state index is 0.0241. The molecule has 1 atom stereocenters. The van der Waals surface area contributed by atoms with Crippen LogP contribution in [0.3, 0.4) is 0 Å². The third-order valence-electron chi connectivity index (χ3n) is 8.04. The number of imidazole rings is 1. The van der Waals surface area contributed by atoms with Gasteiger partial charge in [0, 0.05) is 12.1 Å². The fourth-order valence-corrected chi connectivity index (χ4v) is 5.42. The summed E-state index contributed by atoms with van der Waals surface area (Å²) in [5, 5.41) is 15.3. The van der Waals surface area contributed by atoms with Gasteiger partial charge in [0.05, 0.1) is 39.6 Å². The Morgan fingerprint density at radius 1 is 0.673 bits per heavy atom. The van der Waals surface area contributed by atoms with Gasteiger partial charge in [0.15, 0.2) is 0 Å². The van der Waals surface area contributed by atoms with Crippen LogP contribution in [0.5, 0.6) is 0 Å². The quantitative estimate of drug-likeness (QED) is 0.106. The molecule has 0 aliphatic heterocycles. The zero-order valence-corrected chi connectivity index (χ0v) is 27.6. The Balaban J connectivity index is 1.28. The van der Waals surface area contributed by atoms with Crippen molar-refractivity contribution in [3.63, 3.8) is 0 Å². The monoisotopic (exact) mass is 696 g/mol. The number of carboxylic acids is 1. The topological polar surface area (TPSA) is 177 Å². The number of nitrogens with zero attached hydrogens (tertiary/aromatic N) is 1. The first-order valence-electron chi connectivity index (χ1n) is 16.2. The van der Waals surface area contributed by atoms with Crippen molar-refractivity contribution in [2.75, 3.05) is 5.32 Å². The SMILES string of the molecule is O=C(OCc1ccccc1)c1cc(NC(=O)[C@H](Cc2ccccc2)NC(=O)c2cc3nc[nH]c3cc2C(=O)O)cc(C(=O)OCc2ccccc2)c1. The van der Waals surface area contributed by atoms with Crippen LogP contribution in [0.15, 0.2) is 128 Å².